The van der Waals surface area contributed by atoms with Gasteiger partial charge < -0.3 is 5.73 Å². The van der Waals surface area contributed by atoms with E-state index in [1.54, 1.807) is 0 Å². The summed E-state index contributed by atoms with van der Waals surface area (Å²) < 4.78 is 0. The van der Waals surface area contributed by atoms with Crippen LogP contribution in [0.3, 0.4) is 0 Å². The molecule has 1 aliphatic heterocycles. The van der Waals surface area contributed by atoms with Crippen molar-refractivity contribution < 1.29 is 0 Å². The summed E-state index contributed by atoms with van der Waals surface area (Å²) in [4.78, 5) is 2.77. The van der Waals surface area contributed by atoms with Crippen LogP contribution < -0.4 is 16.3 Å². The number of anilines is 1. The summed E-state index contributed by atoms with van der Waals surface area (Å²) in [7, 11) is -0.290. The molecule has 0 saturated carbocycles. The van der Waals surface area contributed by atoms with Gasteiger partial charge in [0.2, 0.25) is 0 Å². The molecule has 1 aliphatic rings. The lowest BCUT2D eigenvalue weighted by Gasteiger charge is -2.29. The molecule has 3 rings (SSSR count). The van der Waals surface area contributed by atoms with E-state index in [2.05, 4.69) is 50.2 Å². The molecule has 1 unspecified atom stereocenters. The molecule has 0 bridgehead atoms. The molecule has 0 radical (unpaired) electrons. The van der Waals surface area contributed by atoms with Gasteiger partial charge >= 0.3 is 0 Å². The fourth-order valence-electron chi connectivity index (χ4n) is 2.63. The molecular weight excluding hydrogens is 269 g/mol. The second-order valence-corrected chi connectivity index (χ2v) is 8.15. The molecule has 19 heavy (non-hydrogen) atoms. The average molecular weight is 287 g/mol. The normalized spacial score (nSPS) is 16.8. The van der Waals surface area contributed by atoms with Crippen molar-refractivity contribution in [3.05, 3.63) is 42.0 Å². The number of nitrogen functional groups attached to an aromatic ring is 1. The first-order chi connectivity index (χ1) is 9.26. The molecule has 0 aliphatic carbocycles. The molecule has 0 fully saturated rings. The van der Waals surface area contributed by atoms with Crippen LogP contribution in [-0.2, 0) is 6.42 Å². The Kier molecular flexibility index (Phi) is 3.56. The second-order valence-electron chi connectivity index (χ2n) is 4.65. The summed E-state index contributed by atoms with van der Waals surface area (Å²) in [6, 6.07) is 13.2. The van der Waals surface area contributed by atoms with Crippen molar-refractivity contribution in [3.8, 4) is 0 Å². The fourth-order valence-corrected chi connectivity index (χ4v) is 6.75. The predicted octanol–water partition coefficient (Wildman–Crippen LogP) is 3.75. The highest BCUT2D eigenvalue weighted by atomic mass is 32.2. The lowest BCUT2D eigenvalue weighted by Crippen LogP contribution is -2.24. The van der Waals surface area contributed by atoms with E-state index in [9.17, 15) is 0 Å². The lowest BCUT2D eigenvalue weighted by atomic mass is 10.1. The number of benzene rings is 2. The summed E-state index contributed by atoms with van der Waals surface area (Å²) in [5.74, 6) is 0. The van der Waals surface area contributed by atoms with Crippen molar-refractivity contribution in [2.45, 2.75) is 30.1 Å². The number of fused-ring (bicyclic) bond motifs is 2. The maximum atomic E-state index is 6.44. The molecule has 3 heteroatoms. The molecule has 98 valence electrons. The second kappa shape index (κ2) is 5.19. The van der Waals surface area contributed by atoms with Gasteiger partial charge in [0.25, 0.3) is 0 Å². The largest absolute Gasteiger partial charge is 0.398 e. The van der Waals surface area contributed by atoms with Crippen molar-refractivity contribution in [2.24, 2.45) is 0 Å². The van der Waals surface area contributed by atoms with Gasteiger partial charge in [-0.2, -0.15) is 0 Å². The first-order valence-corrected chi connectivity index (χ1v) is 9.06. The fraction of sp³-hybridized carbons (Fsp3) is 0.250. The van der Waals surface area contributed by atoms with Gasteiger partial charge in [-0.3, -0.25) is 0 Å². The molecule has 1 heterocycles. The van der Waals surface area contributed by atoms with Crippen LogP contribution >= 0.6 is 19.7 Å². The minimum atomic E-state index is -0.290. The van der Waals surface area contributed by atoms with E-state index in [0.717, 1.165) is 18.3 Å². The van der Waals surface area contributed by atoms with Crippen LogP contribution in [0.2, 0.25) is 0 Å². The Hall–Kier alpha value is -0.980. The molecule has 0 amide bonds. The van der Waals surface area contributed by atoms with Crippen molar-refractivity contribution in [3.63, 3.8) is 0 Å². The summed E-state index contributed by atoms with van der Waals surface area (Å²) >= 11 is 1.87. The number of rotatable bonds is 2. The number of hydrogen-bond donors (Lipinski definition) is 1. The van der Waals surface area contributed by atoms with Gasteiger partial charge in [0, 0.05) is 20.8 Å². The van der Waals surface area contributed by atoms with Gasteiger partial charge in [0.05, 0.1) is 0 Å². The van der Waals surface area contributed by atoms with Gasteiger partial charge in [-0.25, -0.2) is 0 Å². The summed E-state index contributed by atoms with van der Waals surface area (Å²) in [6.07, 6.45) is 2.18. The zero-order chi connectivity index (χ0) is 13.4. The van der Waals surface area contributed by atoms with E-state index in [1.807, 2.05) is 11.8 Å². The first kappa shape index (κ1) is 13.0. The molecule has 0 saturated heterocycles. The van der Waals surface area contributed by atoms with E-state index >= 15 is 0 Å². The molecule has 1 atom stereocenters. The Bertz CT molecular complexity index is 624. The minimum Gasteiger partial charge on any atom is -0.398 e. The Morgan fingerprint density at radius 1 is 1.05 bits per heavy atom. The van der Waals surface area contributed by atoms with Gasteiger partial charge in [-0.1, -0.05) is 49.9 Å². The Morgan fingerprint density at radius 3 is 2.58 bits per heavy atom. The summed E-state index contributed by atoms with van der Waals surface area (Å²) in [5, 5.41) is 2.91. The van der Waals surface area contributed by atoms with Crippen molar-refractivity contribution in [1.29, 1.82) is 0 Å². The van der Waals surface area contributed by atoms with Crippen LogP contribution in [0.25, 0.3) is 0 Å². The average Bonchev–Trinajstić information content (AvgIpc) is 2.45. The van der Waals surface area contributed by atoms with Crippen LogP contribution in [0, 0.1) is 0 Å². The highest BCUT2D eigenvalue weighted by molar-refractivity contribution is 8.01. The van der Waals surface area contributed by atoms with Gasteiger partial charge in [-0.05, 0) is 43.5 Å². The highest BCUT2D eigenvalue weighted by Crippen LogP contribution is 2.48. The zero-order valence-corrected chi connectivity index (χ0v) is 13.0. The van der Waals surface area contributed by atoms with E-state index < -0.39 is 0 Å². The Labute approximate surface area is 120 Å². The third kappa shape index (κ3) is 2.07. The molecule has 2 N–H and O–H groups in total. The van der Waals surface area contributed by atoms with Crippen molar-refractivity contribution in [2.75, 3.05) is 11.9 Å². The Morgan fingerprint density at radius 2 is 1.84 bits per heavy atom. The minimum absolute atomic E-state index is 0.290. The number of hydrogen-bond acceptors (Lipinski definition) is 2. The number of nitrogens with two attached hydrogens (primary N) is 1. The smallest absolute Gasteiger partial charge is 0.0439 e. The monoisotopic (exact) mass is 287 g/mol. The van der Waals surface area contributed by atoms with Gasteiger partial charge in [0.15, 0.2) is 0 Å². The quantitative estimate of drug-likeness (QED) is 0.672. The molecule has 2 aromatic rings. The Balaban J connectivity index is 2.22. The molecule has 1 nitrogen and oxygen atoms in total. The summed E-state index contributed by atoms with van der Waals surface area (Å²) in [5.41, 5.74) is 8.77. The van der Waals surface area contributed by atoms with E-state index in [-0.39, 0.29) is 7.92 Å². The molecule has 0 spiro atoms. The third-order valence-electron chi connectivity index (χ3n) is 3.61. The SMILES string of the molecule is CCc1ccc2c(c1N)P(CC)c1ccccc1S2. The standard InChI is InChI=1S/C16H18NPS/c1-3-11-9-10-14-16(15(11)17)18(4-2)12-7-5-6-8-13(12)19-14/h5-10H,3-4,17H2,1-2H3. The topological polar surface area (TPSA) is 26.0 Å². The molecule has 2 aromatic carbocycles. The number of aryl methyl sites for hydroxylation is 1. The predicted molar refractivity (Wildman–Crippen MR) is 87.5 cm³/mol. The first-order valence-electron chi connectivity index (χ1n) is 6.72. The maximum absolute atomic E-state index is 6.44. The van der Waals surface area contributed by atoms with E-state index in [0.29, 0.717) is 0 Å². The van der Waals surface area contributed by atoms with Crippen molar-refractivity contribution in [1.82, 2.24) is 0 Å². The van der Waals surface area contributed by atoms with E-state index in [1.165, 1.54) is 26.0 Å². The van der Waals surface area contributed by atoms with Gasteiger partial charge in [-0.15, -0.1) is 0 Å². The van der Waals surface area contributed by atoms with Crippen molar-refractivity contribution >= 4 is 36.0 Å². The molecule has 0 aromatic heterocycles. The molecular formula is C16H18NPS. The van der Waals surface area contributed by atoms with Crippen LogP contribution in [-0.4, -0.2) is 6.16 Å². The highest BCUT2D eigenvalue weighted by Gasteiger charge is 2.27. The lowest BCUT2D eigenvalue weighted by molar-refractivity contribution is 1.14. The van der Waals surface area contributed by atoms with Crippen LogP contribution in [0.5, 0.6) is 0 Å². The summed E-state index contributed by atoms with van der Waals surface area (Å²) in [6.45, 7) is 4.45. The van der Waals surface area contributed by atoms with E-state index in [4.69, 9.17) is 5.73 Å². The van der Waals surface area contributed by atoms with Crippen LogP contribution in [0.4, 0.5) is 5.69 Å². The van der Waals surface area contributed by atoms with Crippen LogP contribution in [0.15, 0.2) is 46.2 Å². The maximum Gasteiger partial charge on any atom is 0.0439 e. The third-order valence-corrected chi connectivity index (χ3v) is 7.68. The zero-order valence-electron chi connectivity index (χ0n) is 11.3. The van der Waals surface area contributed by atoms with Crippen LogP contribution in [0.1, 0.15) is 19.4 Å². The van der Waals surface area contributed by atoms with Gasteiger partial charge in [0.1, 0.15) is 0 Å².